The van der Waals surface area contributed by atoms with Gasteiger partial charge in [-0.15, -0.1) is 0 Å². The van der Waals surface area contributed by atoms with Gasteiger partial charge in [-0.25, -0.2) is 8.42 Å². The van der Waals surface area contributed by atoms with Gasteiger partial charge in [-0.3, -0.25) is 4.90 Å². The third-order valence-electron chi connectivity index (χ3n) is 3.48. The highest BCUT2D eigenvalue weighted by atomic mass is 79.9. The van der Waals surface area contributed by atoms with E-state index in [2.05, 4.69) is 33.0 Å². The molecule has 0 saturated carbocycles. The van der Waals surface area contributed by atoms with Crippen LogP contribution in [0.5, 0.6) is 0 Å². The first kappa shape index (κ1) is 15.9. The lowest BCUT2D eigenvalue weighted by Gasteiger charge is -2.34. The fraction of sp³-hybridized carbons (Fsp3) is 0.571. The maximum absolute atomic E-state index is 12.0. The fourth-order valence-corrected chi connectivity index (χ4v) is 4.39. The lowest BCUT2D eigenvalue weighted by molar-refractivity contribution is 0.181. The minimum Gasteiger partial charge on any atom is -0.296 e. The highest BCUT2D eigenvalue weighted by Gasteiger charge is 2.25. The molecule has 4 nitrogen and oxygen atoms in total. The van der Waals surface area contributed by atoms with Gasteiger partial charge in [0, 0.05) is 37.2 Å². The van der Waals surface area contributed by atoms with Gasteiger partial charge in [0.25, 0.3) is 0 Å². The van der Waals surface area contributed by atoms with Crippen molar-refractivity contribution in [2.45, 2.75) is 19.9 Å². The van der Waals surface area contributed by atoms with E-state index < -0.39 is 10.0 Å². The maximum Gasteiger partial charge on any atom is 0.214 e. The summed E-state index contributed by atoms with van der Waals surface area (Å²) in [6.45, 7) is 5.60. The first-order chi connectivity index (χ1) is 9.51. The third-order valence-corrected chi connectivity index (χ3v) is 6.05. The van der Waals surface area contributed by atoms with Crippen LogP contribution in [0.25, 0.3) is 0 Å². The van der Waals surface area contributed by atoms with Gasteiger partial charge < -0.3 is 0 Å². The zero-order valence-electron chi connectivity index (χ0n) is 11.8. The van der Waals surface area contributed by atoms with Crippen molar-refractivity contribution >= 4 is 26.0 Å². The van der Waals surface area contributed by atoms with E-state index in [-0.39, 0.29) is 5.75 Å². The highest BCUT2D eigenvalue weighted by Crippen LogP contribution is 2.15. The zero-order valence-corrected chi connectivity index (χ0v) is 14.2. The molecule has 6 heteroatoms. The predicted octanol–water partition coefficient (Wildman–Crippen LogP) is 2.31. The van der Waals surface area contributed by atoms with Crippen molar-refractivity contribution in [3.8, 4) is 0 Å². The van der Waals surface area contributed by atoms with E-state index in [0.29, 0.717) is 19.5 Å². The standard InChI is InChI=1S/C14H21BrN2O2S/c1-2-10-20(18,19)17-8-6-16(7-9-17)12-13-4-3-5-14(15)11-13/h3-5,11H,2,6-10,12H2,1H3. The summed E-state index contributed by atoms with van der Waals surface area (Å²) < 4.78 is 26.7. The molecule has 0 spiro atoms. The largest absolute Gasteiger partial charge is 0.296 e. The molecule has 0 unspecified atom stereocenters. The Morgan fingerprint density at radius 2 is 1.90 bits per heavy atom. The van der Waals surface area contributed by atoms with E-state index in [0.717, 1.165) is 24.1 Å². The summed E-state index contributed by atoms with van der Waals surface area (Å²) in [7, 11) is -3.04. The molecule has 1 heterocycles. The van der Waals surface area contributed by atoms with Crippen LogP contribution in [-0.2, 0) is 16.6 Å². The van der Waals surface area contributed by atoms with E-state index in [1.165, 1.54) is 5.56 Å². The van der Waals surface area contributed by atoms with Gasteiger partial charge in [0.05, 0.1) is 5.75 Å². The lowest BCUT2D eigenvalue weighted by Crippen LogP contribution is -2.48. The summed E-state index contributed by atoms with van der Waals surface area (Å²) in [5, 5.41) is 0. The molecule has 1 aliphatic rings. The minimum absolute atomic E-state index is 0.263. The van der Waals surface area contributed by atoms with Crippen LogP contribution in [0.1, 0.15) is 18.9 Å². The Kier molecular flexibility index (Phi) is 5.60. The molecule has 2 rings (SSSR count). The van der Waals surface area contributed by atoms with Crippen molar-refractivity contribution in [1.29, 1.82) is 0 Å². The molecule has 0 N–H and O–H groups in total. The Bertz CT molecular complexity index is 540. The van der Waals surface area contributed by atoms with Gasteiger partial charge in [0.1, 0.15) is 0 Å². The average molecular weight is 361 g/mol. The number of halogens is 1. The first-order valence-corrected chi connectivity index (χ1v) is 9.36. The summed E-state index contributed by atoms with van der Waals surface area (Å²) in [5.41, 5.74) is 1.25. The predicted molar refractivity (Wildman–Crippen MR) is 85.1 cm³/mol. The Morgan fingerprint density at radius 1 is 1.20 bits per heavy atom. The topological polar surface area (TPSA) is 40.6 Å². The number of rotatable bonds is 5. The van der Waals surface area contributed by atoms with Crippen molar-refractivity contribution < 1.29 is 8.42 Å². The smallest absolute Gasteiger partial charge is 0.214 e. The molecule has 20 heavy (non-hydrogen) atoms. The monoisotopic (exact) mass is 360 g/mol. The Balaban J connectivity index is 1.89. The van der Waals surface area contributed by atoms with Crippen LogP contribution in [0, 0.1) is 0 Å². The normalized spacial score (nSPS) is 18.3. The number of sulfonamides is 1. The number of nitrogens with zero attached hydrogens (tertiary/aromatic N) is 2. The van der Waals surface area contributed by atoms with Crippen LogP contribution in [0.15, 0.2) is 28.7 Å². The van der Waals surface area contributed by atoms with E-state index in [1.807, 2.05) is 19.1 Å². The molecule has 1 saturated heterocycles. The van der Waals surface area contributed by atoms with E-state index >= 15 is 0 Å². The summed E-state index contributed by atoms with van der Waals surface area (Å²) in [6, 6.07) is 8.26. The maximum atomic E-state index is 12.0. The fourth-order valence-electron chi connectivity index (χ4n) is 2.45. The first-order valence-electron chi connectivity index (χ1n) is 6.96. The Labute approximate surface area is 129 Å². The molecule has 1 aliphatic heterocycles. The van der Waals surface area contributed by atoms with Gasteiger partial charge in [0.2, 0.25) is 10.0 Å². The van der Waals surface area contributed by atoms with Crippen LogP contribution in [-0.4, -0.2) is 49.6 Å². The molecule has 0 bridgehead atoms. The highest BCUT2D eigenvalue weighted by molar-refractivity contribution is 9.10. The Morgan fingerprint density at radius 3 is 2.50 bits per heavy atom. The van der Waals surface area contributed by atoms with Crippen molar-refractivity contribution in [1.82, 2.24) is 9.21 Å². The molecule has 0 atom stereocenters. The molecular formula is C14H21BrN2O2S. The van der Waals surface area contributed by atoms with Crippen LogP contribution >= 0.6 is 15.9 Å². The molecular weight excluding hydrogens is 340 g/mol. The molecule has 0 aromatic heterocycles. The van der Waals surface area contributed by atoms with Crippen LogP contribution in [0.4, 0.5) is 0 Å². The SMILES string of the molecule is CCCS(=O)(=O)N1CCN(Cc2cccc(Br)c2)CC1. The van der Waals surface area contributed by atoms with Gasteiger partial charge in [-0.05, 0) is 24.1 Å². The lowest BCUT2D eigenvalue weighted by atomic mass is 10.2. The zero-order chi connectivity index (χ0) is 14.6. The number of benzene rings is 1. The quantitative estimate of drug-likeness (QED) is 0.808. The van der Waals surface area contributed by atoms with Crippen molar-refractivity contribution in [2.24, 2.45) is 0 Å². The van der Waals surface area contributed by atoms with E-state index in [9.17, 15) is 8.42 Å². The molecule has 1 aromatic carbocycles. The van der Waals surface area contributed by atoms with Gasteiger partial charge in [-0.2, -0.15) is 4.31 Å². The summed E-state index contributed by atoms with van der Waals surface area (Å²) >= 11 is 3.47. The van der Waals surface area contributed by atoms with E-state index in [4.69, 9.17) is 0 Å². The number of hydrogen-bond donors (Lipinski definition) is 0. The molecule has 112 valence electrons. The van der Waals surface area contributed by atoms with Crippen LogP contribution < -0.4 is 0 Å². The number of hydrogen-bond acceptors (Lipinski definition) is 3. The van der Waals surface area contributed by atoms with Gasteiger partial charge in [0.15, 0.2) is 0 Å². The molecule has 0 radical (unpaired) electrons. The molecule has 1 fully saturated rings. The van der Waals surface area contributed by atoms with Crippen molar-refractivity contribution in [2.75, 3.05) is 31.9 Å². The average Bonchev–Trinajstić information content (AvgIpc) is 2.39. The third kappa shape index (κ3) is 4.28. The van der Waals surface area contributed by atoms with Crippen LogP contribution in [0.3, 0.4) is 0 Å². The van der Waals surface area contributed by atoms with Crippen molar-refractivity contribution in [3.05, 3.63) is 34.3 Å². The number of piperazine rings is 1. The molecule has 0 amide bonds. The second kappa shape index (κ2) is 7.02. The molecule has 0 aliphatic carbocycles. The summed E-state index contributed by atoms with van der Waals surface area (Å²) in [5.74, 6) is 0.263. The van der Waals surface area contributed by atoms with Gasteiger partial charge in [-0.1, -0.05) is 35.0 Å². The molecule has 1 aromatic rings. The van der Waals surface area contributed by atoms with Crippen molar-refractivity contribution in [3.63, 3.8) is 0 Å². The second-order valence-corrected chi connectivity index (χ2v) is 8.13. The minimum atomic E-state index is -3.04. The van der Waals surface area contributed by atoms with Gasteiger partial charge >= 0.3 is 0 Å². The van der Waals surface area contributed by atoms with E-state index in [1.54, 1.807) is 4.31 Å². The van der Waals surface area contributed by atoms with Crippen LogP contribution in [0.2, 0.25) is 0 Å². The second-order valence-electron chi connectivity index (χ2n) is 5.12. The summed E-state index contributed by atoms with van der Waals surface area (Å²) in [6.07, 6.45) is 0.681. The Hall–Kier alpha value is -0.430. The summed E-state index contributed by atoms with van der Waals surface area (Å²) in [4.78, 5) is 2.31.